The van der Waals surface area contributed by atoms with E-state index in [0.717, 1.165) is 5.56 Å². The molecule has 19 heavy (non-hydrogen) atoms. The van der Waals surface area contributed by atoms with Crippen LogP contribution in [0.25, 0.3) is 0 Å². The highest BCUT2D eigenvalue weighted by atomic mass is 16.5. The van der Waals surface area contributed by atoms with Gasteiger partial charge in [-0.25, -0.2) is 9.97 Å². The summed E-state index contributed by atoms with van der Waals surface area (Å²) < 4.78 is 10.3. The van der Waals surface area contributed by atoms with E-state index in [9.17, 15) is 0 Å². The molecule has 0 spiro atoms. The zero-order chi connectivity index (χ0) is 13.9. The number of ether oxygens (including phenoxy) is 2. The molecule has 1 rings (SSSR count). The summed E-state index contributed by atoms with van der Waals surface area (Å²) in [7, 11) is 1.65. The van der Waals surface area contributed by atoms with Crippen molar-refractivity contribution < 1.29 is 9.47 Å². The lowest BCUT2D eigenvalue weighted by atomic mass is 10.4. The van der Waals surface area contributed by atoms with E-state index in [1.54, 1.807) is 19.5 Å². The van der Waals surface area contributed by atoms with Gasteiger partial charge in [0.1, 0.15) is 0 Å². The minimum absolute atomic E-state index is 0.493. The lowest BCUT2D eigenvalue weighted by molar-refractivity contribution is 0.0614. The van der Waals surface area contributed by atoms with E-state index < -0.39 is 0 Å². The Bertz CT molecular complexity index is 369. The first-order valence-corrected chi connectivity index (χ1v) is 6.16. The number of anilines is 1. The maximum atomic E-state index is 5.40. The van der Waals surface area contributed by atoms with Crippen LogP contribution in [0.3, 0.4) is 0 Å². The Morgan fingerprint density at radius 3 is 2.32 bits per heavy atom. The second-order valence-corrected chi connectivity index (χ2v) is 3.92. The largest absolute Gasteiger partial charge is 0.382 e. The normalized spacial score (nSPS) is 10.2. The number of methoxy groups -OCH3 is 1. The fourth-order valence-electron chi connectivity index (χ4n) is 1.47. The van der Waals surface area contributed by atoms with Crippen molar-refractivity contribution in [3.63, 3.8) is 0 Å². The fraction of sp³-hybridized carbons (Fsp3) is 0.429. The highest BCUT2D eigenvalue weighted by Crippen LogP contribution is 2.07. The van der Waals surface area contributed by atoms with Crippen LogP contribution >= 0.6 is 0 Å². The van der Waals surface area contributed by atoms with Crippen molar-refractivity contribution in [3.05, 3.63) is 43.3 Å². The zero-order valence-corrected chi connectivity index (χ0v) is 11.4. The average Bonchev–Trinajstić information content (AvgIpc) is 2.44. The van der Waals surface area contributed by atoms with E-state index in [1.165, 1.54) is 0 Å². The Balaban J connectivity index is 2.53. The third kappa shape index (κ3) is 5.63. The van der Waals surface area contributed by atoms with Gasteiger partial charge in [0.25, 0.3) is 0 Å². The van der Waals surface area contributed by atoms with E-state index in [-0.39, 0.29) is 0 Å². The molecule has 0 bridgehead atoms. The monoisotopic (exact) mass is 263 g/mol. The lowest BCUT2D eigenvalue weighted by Gasteiger charge is -2.18. The van der Waals surface area contributed by atoms with Crippen molar-refractivity contribution in [2.75, 3.05) is 38.3 Å². The molecule has 5 nitrogen and oxygen atoms in total. The molecule has 0 saturated carbocycles. The molecule has 5 heteroatoms. The first kappa shape index (κ1) is 15.3. The second-order valence-electron chi connectivity index (χ2n) is 3.92. The maximum Gasteiger partial charge on any atom is 0.225 e. The van der Waals surface area contributed by atoms with Crippen LogP contribution in [0.2, 0.25) is 0 Å². The van der Waals surface area contributed by atoms with Crippen LogP contribution in [0, 0.1) is 0 Å². The number of rotatable bonds is 10. The van der Waals surface area contributed by atoms with Gasteiger partial charge in [0.05, 0.1) is 19.8 Å². The quantitative estimate of drug-likeness (QED) is 0.476. The van der Waals surface area contributed by atoms with Gasteiger partial charge in [-0.15, -0.1) is 13.2 Å². The Labute approximate surface area is 114 Å². The van der Waals surface area contributed by atoms with Crippen LogP contribution in [0.1, 0.15) is 5.56 Å². The first-order chi connectivity index (χ1) is 9.31. The molecule has 0 unspecified atom stereocenters. The maximum absolute atomic E-state index is 5.40. The number of nitrogens with zero attached hydrogens (tertiary/aromatic N) is 3. The minimum Gasteiger partial charge on any atom is -0.382 e. The molecule has 0 aliphatic heterocycles. The van der Waals surface area contributed by atoms with Gasteiger partial charge in [-0.2, -0.15) is 0 Å². The van der Waals surface area contributed by atoms with Gasteiger partial charge in [-0.05, 0) is 0 Å². The van der Waals surface area contributed by atoms with Crippen LogP contribution in [-0.2, 0) is 16.1 Å². The summed E-state index contributed by atoms with van der Waals surface area (Å²) in [5, 5.41) is 0. The van der Waals surface area contributed by atoms with Crippen LogP contribution in [-0.4, -0.2) is 43.4 Å². The predicted octanol–water partition coefficient (Wildman–Crippen LogP) is 1.82. The second kappa shape index (κ2) is 9.24. The highest BCUT2D eigenvalue weighted by molar-refractivity contribution is 5.32. The molecule has 0 atom stereocenters. The third-order valence-electron chi connectivity index (χ3n) is 2.37. The topological polar surface area (TPSA) is 47.5 Å². The SMILES string of the molecule is C=CCN(CC=C)c1ncc(COCCOC)cn1. The average molecular weight is 263 g/mol. The standard InChI is InChI=1S/C14H21N3O2/c1-4-6-17(7-5-2)14-15-10-13(11-16-14)12-19-9-8-18-3/h4-5,10-11H,1-2,6-9,12H2,3H3. The van der Waals surface area contributed by atoms with Gasteiger partial charge in [-0.3, -0.25) is 0 Å². The molecule has 0 radical (unpaired) electrons. The Morgan fingerprint density at radius 2 is 1.79 bits per heavy atom. The van der Waals surface area contributed by atoms with Crippen LogP contribution in [0.5, 0.6) is 0 Å². The minimum atomic E-state index is 0.493. The fourth-order valence-corrected chi connectivity index (χ4v) is 1.47. The number of hydrogen-bond acceptors (Lipinski definition) is 5. The van der Waals surface area contributed by atoms with Crippen LogP contribution < -0.4 is 4.90 Å². The number of hydrogen-bond donors (Lipinski definition) is 0. The summed E-state index contributed by atoms with van der Waals surface area (Å²) in [6.07, 6.45) is 7.17. The molecule has 0 N–H and O–H groups in total. The Hall–Kier alpha value is -1.72. The van der Waals surface area contributed by atoms with Crippen LogP contribution in [0.15, 0.2) is 37.7 Å². The van der Waals surface area contributed by atoms with Gasteiger partial charge in [-0.1, -0.05) is 12.2 Å². The van der Waals surface area contributed by atoms with Crippen molar-refractivity contribution >= 4 is 5.95 Å². The van der Waals surface area contributed by atoms with Crippen molar-refractivity contribution in [3.8, 4) is 0 Å². The highest BCUT2D eigenvalue weighted by Gasteiger charge is 2.05. The van der Waals surface area contributed by atoms with E-state index in [2.05, 4.69) is 23.1 Å². The Kier molecular flexibility index (Phi) is 7.46. The van der Waals surface area contributed by atoms with Gasteiger partial charge >= 0.3 is 0 Å². The summed E-state index contributed by atoms with van der Waals surface area (Å²) in [5.41, 5.74) is 0.942. The predicted molar refractivity (Wildman–Crippen MR) is 76.2 cm³/mol. The molecule has 1 aromatic heterocycles. The van der Waals surface area contributed by atoms with E-state index in [1.807, 2.05) is 17.1 Å². The first-order valence-electron chi connectivity index (χ1n) is 6.16. The van der Waals surface area contributed by atoms with E-state index in [4.69, 9.17) is 9.47 Å². The Morgan fingerprint density at radius 1 is 1.16 bits per heavy atom. The smallest absolute Gasteiger partial charge is 0.225 e. The molecule has 0 fully saturated rings. The van der Waals surface area contributed by atoms with Gasteiger partial charge in [0, 0.05) is 38.2 Å². The molecule has 1 aromatic rings. The van der Waals surface area contributed by atoms with Gasteiger partial charge in [0.2, 0.25) is 5.95 Å². The zero-order valence-electron chi connectivity index (χ0n) is 11.4. The molecule has 0 aliphatic rings. The van der Waals surface area contributed by atoms with Gasteiger partial charge in [0.15, 0.2) is 0 Å². The molecule has 1 heterocycles. The summed E-state index contributed by atoms with van der Waals surface area (Å²) in [6, 6.07) is 0. The summed E-state index contributed by atoms with van der Waals surface area (Å²) in [5.74, 6) is 0.667. The molecule has 0 saturated heterocycles. The van der Waals surface area contributed by atoms with Crippen molar-refractivity contribution in [2.24, 2.45) is 0 Å². The van der Waals surface area contributed by atoms with Crippen LogP contribution in [0.4, 0.5) is 5.95 Å². The molecule has 0 amide bonds. The van der Waals surface area contributed by atoms with E-state index >= 15 is 0 Å². The third-order valence-corrected chi connectivity index (χ3v) is 2.37. The molecule has 0 aromatic carbocycles. The molecule has 104 valence electrons. The van der Waals surface area contributed by atoms with Gasteiger partial charge < -0.3 is 14.4 Å². The summed E-state index contributed by atoms with van der Waals surface area (Å²) >= 11 is 0. The van der Waals surface area contributed by atoms with E-state index in [0.29, 0.717) is 38.9 Å². The summed E-state index contributed by atoms with van der Waals surface area (Å²) in [4.78, 5) is 10.6. The number of aromatic nitrogens is 2. The lowest BCUT2D eigenvalue weighted by Crippen LogP contribution is -2.25. The molecular formula is C14H21N3O2. The van der Waals surface area contributed by atoms with Crippen molar-refractivity contribution in [2.45, 2.75) is 6.61 Å². The molecular weight excluding hydrogens is 242 g/mol. The summed E-state index contributed by atoms with van der Waals surface area (Å²) in [6.45, 7) is 10.5. The van der Waals surface area contributed by atoms with Crippen molar-refractivity contribution in [1.82, 2.24) is 9.97 Å². The van der Waals surface area contributed by atoms with Crippen molar-refractivity contribution in [1.29, 1.82) is 0 Å². The molecule has 0 aliphatic carbocycles.